The molecule has 3 N–H and O–H groups in total. The van der Waals surface area contributed by atoms with Crippen LogP contribution < -0.4 is 0 Å². The van der Waals surface area contributed by atoms with Crippen LogP contribution in [0.25, 0.3) is 43.1 Å². The second-order valence-electron chi connectivity index (χ2n) is 7.52. The Morgan fingerprint density at radius 1 is 0.355 bits per heavy atom. The summed E-state index contributed by atoms with van der Waals surface area (Å²) in [7, 11) is 0. The van der Waals surface area contributed by atoms with E-state index in [0.29, 0.717) is 10.8 Å². The van der Waals surface area contributed by atoms with Crippen LogP contribution in [0.1, 0.15) is 0 Å². The predicted octanol–water partition coefficient (Wildman–Crippen LogP) is 7.10. The van der Waals surface area contributed by atoms with Crippen molar-refractivity contribution in [2.75, 3.05) is 0 Å². The fourth-order valence-corrected chi connectivity index (χ4v) is 4.05. The Morgan fingerprint density at radius 2 is 0.677 bits per heavy atom. The lowest BCUT2D eigenvalue weighted by molar-refractivity contribution is 0.460. The molecule has 31 heavy (non-hydrogen) atoms. The van der Waals surface area contributed by atoms with E-state index in [-0.39, 0.29) is 17.2 Å². The molecule has 6 aromatic carbocycles. The van der Waals surface area contributed by atoms with Crippen LogP contribution >= 0.6 is 0 Å². The SMILES string of the molecule is Oc1cccc2cc3cccc(O)c3c(O)c12.c1ccc2cc3ccccc3cc2c1. The van der Waals surface area contributed by atoms with Crippen molar-refractivity contribution in [2.45, 2.75) is 0 Å². The number of aromatic hydroxyl groups is 3. The molecular formula is C28H20O3. The average molecular weight is 404 g/mol. The highest BCUT2D eigenvalue weighted by atomic mass is 16.3. The molecule has 150 valence electrons. The van der Waals surface area contributed by atoms with Gasteiger partial charge in [-0.1, -0.05) is 72.8 Å². The molecule has 0 aliphatic heterocycles. The number of benzene rings is 6. The summed E-state index contributed by atoms with van der Waals surface area (Å²) in [5, 5.41) is 37.1. The maximum atomic E-state index is 10.2. The lowest BCUT2D eigenvalue weighted by Crippen LogP contribution is -1.80. The summed E-state index contributed by atoms with van der Waals surface area (Å²) >= 11 is 0. The fraction of sp³-hybridized carbons (Fsp3) is 0. The van der Waals surface area contributed by atoms with Crippen molar-refractivity contribution >= 4 is 43.1 Å². The Kier molecular flexibility index (Phi) is 4.57. The van der Waals surface area contributed by atoms with E-state index >= 15 is 0 Å². The summed E-state index contributed by atoms with van der Waals surface area (Å²) in [5.74, 6) is -0.0796. The molecule has 0 fully saturated rings. The van der Waals surface area contributed by atoms with Crippen LogP contribution in [0.15, 0.2) is 103 Å². The number of rotatable bonds is 0. The van der Waals surface area contributed by atoms with Gasteiger partial charge in [-0.25, -0.2) is 0 Å². The third-order valence-corrected chi connectivity index (χ3v) is 5.55. The van der Waals surface area contributed by atoms with Crippen LogP contribution in [0.4, 0.5) is 0 Å². The van der Waals surface area contributed by atoms with Gasteiger partial charge < -0.3 is 15.3 Å². The van der Waals surface area contributed by atoms with Gasteiger partial charge in [-0.2, -0.15) is 0 Å². The molecule has 0 amide bonds. The standard InChI is InChI=1S/C14H10O3.C14H10/c15-10-5-1-3-8-7-9-4-2-6-11(16)13(9)14(17)12(8)10;1-2-6-12-10-14-8-4-3-7-13(14)9-11(12)5-1/h1-7,15-17H;1-10H. The Hall–Kier alpha value is -4.24. The van der Waals surface area contributed by atoms with Gasteiger partial charge in [-0.3, -0.25) is 0 Å². The monoisotopic (exact) mass is 404 g/mol. The largest absolute Gasteiger partial charge is 0.507 e. The summed E-state index contributed by atoms with van der Waals surface area (Å²) in [5.41, 5.74) is 0. The Bertz CT molecular complexity index is 1400. The molecule has 6 aromatic rings. The second kappa shape index (κ2) is 7.54. The lowest BCUT2D eigenvalue weighted by Gasteiger charge is -2.08. The van der Waals surface area contributed by atoms with Crippen molar-refractivity contribution in [3.8, 4) is 17.2 Å². The third kappa shape index (κ3) is 3.36. The number of hydrogen-bond acceptors (Lipinski definition) is 3. The summed E-state index contributed by atoms with van der Waals surface area (Å²) in [6, 6.07) is 33.3. The average Bonchev–Trinajstić information content (AvgIpc) is 2.78. The highest BCUT2D eigenvalue weighted by Gasteiger charge is 2.12. The van der Waals surface area contributed by atoms with Crippen LogP contribution in [0.3, 0.4) is 0 Å². The first-order valence-electron chi connectivity index (χ1n) is 10.0. The number of hydrogen-bond donors (Lipinski definition) is 3. The molecule has 0 aliphatic carbocycles. The first-order chi connectivity index (χ1) is 15.1. The van der Waals surface area contributed by atoms with Crippen LogP contribution in [0.5, 0.6) is 17.2 Å². The Morgan fingerprint density at radius 3 is 1.06 bits per heavy atom. The summed E-state index contributed by atoms with van der Waals surface area (Å²) < 4.78 is 0. The molecule has 0 saturated heterocycles. The van der Waals surface area contributed by atoms with Crippen molar-refractivity contribution in [3.63, 3.8) is 0 Å². The first kappa shape index (κ1) is 18.8. The van der Waals surface area contributed by atoms with E-state index in [2.05, 4.69) is 60.7 Å². The molecule has 0 atom stereocenters. The van der Waals surface area contributed by atoms with Crippen LogP contribution in [0.2, 0.25) is 0 Å². The van der Waals surface area contributed by atoms with Gasteiger partial charge >= 0.3 is 0 Å². The molecule has 0 heterocycles. The first-order valence-corrected chi connectivity index (χ1v) is 10.0. The van der Waals surface area contributed by atoms with Gasteiger partial charge in [0, 0.05) is 0 Å². The third-order valence-electron chi connectivity index (χ3n) is 5.55. The number of phenols is 3. The van der Waals surface area contributed by atoms with E-state index in [1.807, 2.05) is 6.07 Å². The fourth-order valence-electron chi connectivity index (χ4n) is 4.05. The van der Waals surface area contributed by atoms with Crippen molar-refractivity contribution in [3.05, 3.63) is 103 Å². The van der Waals surface area contributed by atoms with E-state index in [1.165, 1.54) is 33.7 Å². The molecule has 0 aliphatic rings. The molecule has 0 radical (unpaired) electrons. The second-order valence-corrected chi connectivity index (χ2v) is 7.52. The molecule has 0 aromatic heterocycles. The maximum absolute atomic E-state index is 10.2. The van der Waals surface area contributed by atoms with Crippen molar-refractivity contribution in [2.24, 2.45) is 0 Å². The van der Waals surface area contributed by atoms with Gasteiger partial charge in [0.05, 0.1) is 10.8 Å². The molecule has 0 saturated carbocycles. The molecule has 0 bridgehead atoms. The lowest BCUT2D eigenvalue weighted by atomic mass is 10.0. The zero-order valence-electron chi connectivity index (χ0n) is 16.7. The van der Waals surface area contributed by atoms with Gasteiger partial charge in [-0.05, 0) is 62.6 Å². The molecular weight excluding hydrogens is 384 g/mol. The van der Waals surface area contributed by atoms with Crippen molar-refractivity contribution < 1.29 is 15.3 Å². The molecule has 3 heteroatoms. The molecule has 6 rings (SSSR count). The maximum Gasteiger partial charge on any atom is 0.138 e. The smallest absolute Gasteiger partial charge is 0.138 e. The number of fused-ring (bicyclic) bond motifs is 4. The van der Waals surface area contributed by atoms with Crippen molar-refractivity contribution in [1.29, 1.82) is 0 Å². The Balaban J connectivity index is 0.000000134. The Labute approximate surface area is 179 Å². The summed E-state index contributed by atoms with van der Waals surface area (Å²) in [6.07, 6.45) is 0. The summed E-state index contributed by atoms with van der Waals surface area (Å²) in [4.78, 5) is 0. The van der Waals surface area contributed by atoms with Gasteiger partial charge in [0.2, 0.25) is 0 Å². The van der Waals surface area contributed by atoms with E-state index < -0.39 is 0 Å². The summed E-state index contributed by atoms with van der Waals surface area (Å²) in [6.45, 7) is 0. The predicted molar refractivity (Wildman–Crippen MR) is 128 cm³/mol. The van der Waals surface area contributed by atoms with E-state index in [4.69, 9.17) is 0 Å². The van der Waals surface area contributed by atoms with Gasteiger partial charge in [0.25, 0.3) is 0 Å². The van der Waals surface area contributed by atoms with Gasteiger partial charge in [0.1, 0.15) is 17.2 Å². The molecule has 3 nitrogen and oxygen atoms in total. The molecule has 0 unspecified atom stereocenters. The zero-order chi connectivity index (χ0) is 21.4. The normalized spacial score (nSPS) is 11.0. The van der Waals surface area contributed by atoms with Crippen molar-refractivity contribution in [1.82, 2.24) is 0 Å². The quantitative estimate of drug-likeness (QED) is 0.237. The van der Waals surface area contributed by atoms with Crippen LogP contribution in [-0.4, -0.2) is 15.3 Å². The highest BCUT2D eigenvalue weighted by molar-refractivity contribution is 6.09. The topological polar surface area (TPSA) is 60.7 Å². The minimum Gasteiger partial charge on any atom is -0.507 e. The van der Waals surface area contributed by atoms with Gasteiger partial charge in [0.15, 0.2) is 0 Å². The van der Waals surface area contributed by atoms with Crippen LogP contribution in [-0.2, 0) is 0 Å². The zero-order valence-corrected chi connectivity index (χ0v) is 16.7. The van der Waals surface area contributed by atoms with E-state index in [1.54, 1.807) is 24.3 Å². The van der Waals surface area contributed by atoms with E-state index in [0.717, 1.165) is 10.8 Å². The molecule has 0 spiro atoms. The number of phenolic OH excluding ortho intramolecular Hbond substituents is 3. The van der Waals surface area contributed by atoms with E-state index in [9.17, 15) is 15.3 Å². The van der Waals surface area contributed by atoms with Gasteiger partial charge in [-0.15, -0.1) is 0 Å². The highest BCUT2D eigenvalue weighted by Crippen LogP contribution is 2.42. The minimum absolute atomic E-state index is 0.00477. The minimum atomic E-state index is -0.0892. The van der Waals surface area contributed by atoms with Crippen LogP contribution in [0, 0.1) is 0 Å².